The maximum Gasteiger partial charge on any atom is 0.266 e. The van der Waals surface area contributed by atoms with Crippen LogP contribution in [0, 0.1) is 0 Å². The average molecular weight is 291 g/mol. The fourth-order valence-electron chi connectivity index (χ4n) is 1.74. The molecule has 0 fully saturated rings. The number of ether oxygens (including phenoxy) is 1. The molecule has 1 aromatic rings. The summed E-state index contributed by atoms with van der Waals surface area (Å²) in [7, 11) is 1.43. The average Bonchev–Trinajstić information content (AvgIpc) is 2.46. The van der Waals surface area contributed by atoms with Gasteiger partial charge in [-0.1, -0.05) is 25.1 Å². The first-order valence-electron chi connectivity index (χ1n) is 6.75. The largest absolute Gasteiger partial charge is 0.375 e. The van der Waals surface area contributed by atoms with Crippen molar-refractivity contribution in [2.75, 3.05) is 19.0 Å². The number of hydrogen-bond donors (Lipinski definition) is 2. The molecule has 21 heavy (non-hydrogen) atoms. The number of methoxy groups -OCH3 is 1. The number of para-hydroxylation sites is 1. The Kier molecular flexibility index (Phi) is 7.11. The van der Waals surface area contributed by atoms with Crippen LogP contribution in [0.25, 0.3) is 0 Å². The molecule has 114 valence electrons. The lowest BCUT2D eigenvalue weighted by molar-refractivity contribution is -0.124. The molecule has 0 saturated heterocycles. The Morgan fingerprint density at radius 3 is 2.62 bits per heavy atom. The Morgan fingerprint density at radius 2 is 1.95 bits per heavy atom. The number of hydrazone groups is 1. The number of carbonyl (C=O) groups excluding carboxylic acids is 2. The fourth-order valence-corrected chi connectivity index (χ4v) is 1.74. The van der Waals surface area contributed by atoms with Crippen LogP contribution in [0.1, 0.15) is 25.8 Å². The summed E-state index contributed by atoms with van der Waals surface area (Å²) in [6.45, 7) is 3.65. The third kappa shape index (κ3) is 6.18. The van der Waals surface area contributed by atoms with Crippen molar-refractivity contribution in [2.45, 2.75) is 26.7 Å². The lowest BCUT2D eigenvalue weighted by Crippen LogP contribution is -2.24. The highest BCUT2D eigenvalue weighted by atomic mass is 16.5. The zero-order valence-electron chi connectivity index (χ0n) is 12.6. The van der Waals surface area contributed by atoms with Gasteiger partial charge in [0.15, 0.2) is 0 Å². The minimum Gasteiger partial charge on any atom is -0.375 e. The van der Waals surface area contributed by atoms with E-state index in [1.165, 1.54) is 7.11 Å². The van der Waals surface area contributed by atoms with Gasteiger partial charge in [-0.25, -0.2) is 5.43 Å². The van der Waals surface area contributed by atoms with Crippen LogP contribution in [0.5, 0.6) is 0 Å². The molecule has 0 spiro atoms. The van der Waals surface area contributed by atoms with Gasteiger partial charge in [-0.15, -0.1) is 0 Å². The van der Waals surface area contributed by atoms with Gasteiger partial charge in [0.05, 0.1) is 6.42 Å². The third-order valence-electron chi connectivity index (χ3n) is 2.74. The molecular weight excluding hydrogens is 270 g/mol. The van der Waals surface area contributed by atoms with Gasteiger partial charge in [0.2, 0.25) is 5.91 Å². The van der Waals surface area contributed by atoms with Crippen molar-refractivity contribution < 1.29 is 14.3 Å². The van der Waals surface area contributed by atoms with Crippen molar-refractivity contribution in [3.8, 4) is 0 Å². The molecule has 0 bridgehead atoms. The zero-order chi connectivity index (χ0) is 15.7. The lowest BCUT2D eigenvalue weighted by atomic mass is 10.1. The van der Waals surface area contributed by atoms with Crippen molar-refractivity contribution >= 4 is 23.2 Å². The molecule has 1 aromatic carbocycles. The normalized spacial score (nSPS) is 11.1. The summed E-state index contributed by atoms with van der Waals surface area (Å²) in [5.41, 5.74) is 4.72. The van der Waals surface area contributed by atoms with Crippen molar-refractivity contribution in [1.82, 2.24) is 5.43 Å². The Hall–Kier alpha value is -2.21. The van der Waals surface area contributed by atoms with E-state index in [4.69, 9.17) is 0 Å². The van der Waals surface area contributed by atoms with E-state index in [-0.39, 0.29) is 24.8 Å². The quantitative estimate of drug-likeness (QED) is 0.593. The number of rotatable bonds is 7. The molecule has 6 nitrogen and oxygen atoms in total. The molecule has 0 aliphatic heterocycles. The highest BCUT2D eigenvalue weighted by molar-refractivity contribution is 6.06. The van der Waals surface area contributed by atoms with E-state index in [2.05, 4.69) is 20.6 Å². The molecular formula is C15H21N3O3. The number of aryl methyl sites for hydroxylation is 1. The van der Waals surface area contributed by atoms with E-state index < -0.39 is 0 Å². The molecule has 0 saturated carbocycles. The fraction of sp³-hybridized carbons (Fsp3) is 0.400. The second-order valence-corrected chi connectivity index (χ2v) is 4.55. The highest BCUT2D eigenvalue weighted by Crippen LogP contribution is 2.15. The highest BCUT2D eigenvalue weighted by Gasteiger charge is 2.07. The number of amides is 2. The van der Waals surface area contributed by atoms with Crippen LogP contribution in [0.4, 0.5) is 5.69 Å². The number of carbonyl (C=O) groups is 2. The smallest absolute Gasteiger partial charge is 0.266 e. The molecule has 6 heteroatoms. The monoisotopic (exact) mass is 291 g/mol. The molecule has 0 aromatic heterocycles. The van der Waals surface area contributed by atoms with Crippen LogP contribution in [0.3, 0.4) is 0 Å². The molecule has 0 unspecified atom stereocenters. The predicted octanol–water partition coefficient (Wildman–Crippen LogP) is 1.72. The van der Waals surface area contributed by atoms with Gasteiger partial charge in [0.1, 0.15) is 6.61 Å². The Labute approximate surface area is 124 Å². The molecule has 0 aliphatic carbocycles. The molecule has 0 atom stereocenters. The van der Waals surface area contributed by atoms with Crippen molar-refractivity contribution in [3.05, 3.63) is 29.8 Å². The minimum atomic E-state index is -0.353. The summed E-state index contributed by atoms with van der Waals surface area (Å²) < 4.78 is 4.66. The van der Waals surface area contributed by atoms with Crippen LogP contribution >= 0.6 is 0 Å². The second-order valence-electron chi connectivity index (χ2n) is 4.55. The summed E-state index contributed by atoms with van der Waals surface area (Å²) in [6.07, 6.45) is 0.960. The summed E-state index contributed by atoms with van der Waals surface area (Å²) in [5.74, 6) is -0.522. The number of nitrogens with one attached hydrogen (secondary N) is 2. The first-order chi connectivity index (χ1) is 10.1. The van der Waals surface area contributed by atoms with E-state index in [0.717, 1.165) is 17.7 Å². The second kappa shape index (κ2) is 8.86. The maximum atomic E-state index is 11.9. The van der Waals surface area contributed by atoms with Gasteiger partial charge in [0.25, 0.3) is 5.91 Å². The van der Waals surface area contributed by atoms with Gasteiger partial charge in [-0.05, 0) is 25.0 Å². The van der Waals surface area contributed by atoms with Gasteiger partial charge in [-0.3, -0.25) is 9.59 Å². The Balaban J connectivity index is 2.53. The van der Waals surface area contributed by atoms with Gasteiger partial charge < -0.3 is 10.1 Å². The first kappa shape index (κ1) is 16.8. The topological polar surface area (TPSA) is 79.8 Å². The van der Waals surface area contributed by atoms with E-state index in [1.54, 1.807) is 6.92 Å². The molecule has 2 N–H and O–H groups in total. The van der Waals surface area contributed by atoms with Crippen LogP contribution in [-0.4, -0.2) is 31.2 Å². The van der Waals surface area contributed by atoms with Crippen LogP contribution < -0.4 is 10.7 Å². The Morgan fingerprint density at radius 1 is 1.24 bits per heavy atom. The molecule has 0 radical (unpaired) electrons. The Bertz CT molecular complexity index is 527. The number of nitrogens with zero attached hydrogens (tertiary/aromatic N) is 1. The first-order valence-corrected chi connectivity index (χ1v) is 6.75. The number of benzene rings is 1. The van der Waals surface area contributed by atoms with Gasteiger partial charge in [-0.2, -0.15) is 5.10 Å². The van der Waals surface area contributed by atoms with E-state index >= 15 is 0 Å². The molecule has 0 aliphatic rings. The summed E-state index contributed by atoms with van der Waals surface area (Å²) in [4.78, 5) is 23.1. The minimum absolute atomic E-state index is 0.0626. The van der Waals surface area contributed by atoms with Crippen LogP contribution in [-0.2, 0) is 20.7 Å². The van der Waals surface area contributed by atoms with E-state index in [9.17, 15) is 9.59 Å². The van der Waals surface area contributed by atoms with Crippen molar-refractivity contribution in [3.63, 3.8) is 0 Å². The number of anilines is 1. The van der Waals surface area contributed by atoms with E-state index in [0.29, 0.717) is 5.71 Å². The van der Waals surface area contributed by atoms with Crippen molar-refractivity contribution in [2.24, 2.45) is 5.10 Å². The maximum absolute atomic E-state index is 11.9. The SMILES string of the molecule is CCc1ccccc1NC(=O)C/C(C)=N/NC(=O)COC. The molecule has 2 amide bonds. The standard InChI is InChI=1S/C15H21N3O3/c1-4-12-7-5-6-8-13(12)16-14(19)9-11(2)17-18-15(20)10-21-3/h5-8H,4,9-10H2,1-3H3,(H,16,19)(H,18,20)/b17-11+. The van der Waals surface area contributed by atoms with Gasteiger partial charge in [0, 0.05) is 18.5 Å². The molecule has 1 rings (SSSR count). The van der Waals surface area contributed by atoms with Gasteiger partial charge >= 0.3 is 0 Å². The lowest BCUT2D eigenvalue weighted by Gasteiger charge is -2.09. The third-order valence-corrected chi connectivity index (χ3v) is 2.74. The molecule has 0 heterocycles. The predicted molar refractivity (Wildman–Crippen MR) is 82.2 cm³/mol. The van der Waals surface area contributed by atoms with Crippen molar-refractivity contribution in [1.29, 1.82) is 0 Å². The summed E-state index contributed by atoms with van der Waals surface area (Å²) >= 11 is 0. The summed E-state index contributed by atoms with van der Waals surface area (Å²) in [5, 5.41) is 6.69. The van der Waals surface area contributed by atoms with Crippen LogP contribution in [0.15, 0.2) is 29.4 Å². The van der Waals surface area contributed by atoms with Crippen LogP contribution in [0.2, 0.25) is 0 Å². The zero-order valence-corrected chi connectivity index (χ0v) is 12.6. The summed E-state index contributed by atoms with van der Waals surface area (Å²) in [6, 6.07) is 7.65. The number of hydrogen-bond acceptors (Lipinski definition) is 4. The van der Waals surface area contributed by atoms with E-state index in [1.807, 2.05) is 31.2 Å².